The van der Waals surface area contributed by atoms with Crippen molar-refractivity contribution in [1.82, 2.24) is 10.3 Å². The van der Waals surface area contributed by atoms with Crippen molar-refractivity contribution >= 4 is 28.3 Å². The molecule has 0 atom stereocenters. The lowest BCUT2D eigenvalue weighted by Gasteiger charge is -2.19. The quantitative estimate of drug-likeness (QED) is 0.786. The molecule has 0 unspecified atom stereocenters. The van der Waals surface area contributed by atoms with Gasteiger partial charge < -0.3 is 5.32 Å². The molecule has 2 aliphatic carbocycles. The van der Waals surface area contributed by atoms with Gasteiger partial charge in [0.2, 0.25) is 11.8 Å². The summed E-state index contributed by atoms with van der Waals surface area (Å²) < 4.78 is 0. The first-order valence-corrected chi connectivity index (χ1v) is 8.55. The van der Waals surface area contributed by atoms with E-state index in [-0.39, 0.29) is 17.7 Å². The summed E-state index contributed by atoms with van der Waals surface area (Å²) in [4.78, 5) is 30.2. The Balaban J connectivity index is 1.47. The number of hydrogen-bond donors (Lipinski definition) is 1. The largest absolute Gasteiger partial charge is 0.356 e. The van der Waals surface area contributed by atoms with Crippen molar-refractivity contribution < 1.29 is 9.59 Å². The molecule has 0 radical (unpaired) electrons. The topological polar surface area (TPSA) is 62.3 Å². The van der Waals surface area contributed by atoms with Crippen molar-refractivity contribution in [3.63, 3.8) is 0 Å². The number of aromatic nitrogens is 1. The minimum atomic E-state index is 0.132. The van der Waals surface area contributed by atoms with E-state index in [1.807, 2.05) is 17.2 Å². The second-order valence-corrected chi connectivity index (χ2v) is 6.77. The Morgan fingerprint density at radius 3 is 2.71 bits per heavy atom. The Morgan fingerprint density at radius 1 is 1.38 bits per heavy atom. The second kappa shape index (κ2) is 6.13. The Labute approximate surface area is 128 Å². The first-order chi connectivity index (χ1) is 10.1. The molecule has 1 aromatic rings. The van der Waals surface area contributed by atoms with E-state index < -0.39 is 0 Å². The first kappa shape index (κ1) is 14.5. The number of aryl methyl sites for hydroxylation is 1. The molecule has 2 amide bonds. The fourth-order valence-electron chi connectivity index (χ4n) is 2.31. The minimum absolute atomic E-state index is 0.132. The smallest absolute Gasteiger partial charge is 0.229 e. The number of amides is 2. The molecule has 1 N–H and O–H groups in total. The predicted molar refractivity (Wildman–Crippen MR) is 82.3 cm³/mol. The molecular formula is C15H21N3O2S. The SMILES string of the molecule is Cc1csc(N(C(=O)CCCNC(=O)C2CC2)C2CC2)n1. The number of nitrogens with zero attached hydrogens (tertiary/aromatic N) is 2. The fraction of sp³-hybridized carbons (Fsp3) is 0.667. The zero-order chi connectivity index (χ0) is 14.8. The average molecular weight is 307 g/mol. The Hall–Kier alpha value is -1.43. The van der Waals surface area contributed by atoms with Crippen LogP contribution in [0.2, 0.25) is 0 Å². The van der Waals surface area contributed by atoms with Crippen molar-refractivity contribution in [2.75, 3.05) is 11.4 Å². The van der Waals surface area contributed by atoms with Gasteiger partial charge in [0.25, 0.3) is 0 Å². The van der Waals surface area contributed by atoms with Crippen LogP contribution in [-0.4, -0.2) is 29.4 Å². The van der Waals surface area contributed by atoms with Crippen LogP contribution in [-0.2, 0) is 9.59 Å². The highest BCUT2D eigenvalue weighted by atomic mass is 32.1. The summed E-state index contributed by atoms with van der Waals surface area (Å²) in [6.45, 7) is 2.54. The highest BCUT2D eigenvalue weighted by Gasteiger charge is 2.35. The lowest BCUT2D eigenvalue weighted by Crippen LogP contribution is -2.34. The number of rotatable bonds is 7. The van der Waals surface area contributed by atoms with Crippen LogP contribution in [0.4, 0.5) is 5.13 Å². The van der Waals surface area contributed by atoms with Crippen molar-refractivity contribution in [1.29, 1.82) is 0 Å². The molecule has 2 fully saturated rings. The van der Waals surface area contributed by atoms with Crippen LogP contribution in [0.15, 0.2) is 5.38 Å². The molecule has 114 valence electrons. The van der Waals surface area contributed by atoms with Crippen LogP contribution >= 0.6 is 11.3 Å². The van der Waals surface area contributed by atoms with Gasteiger partial charge in [-0.15, -0.1) is 11.3 Å². The molecule has 1 aromatic heterocycles. The highest BCUT2D eigenvalue weighted by Crippen LogP contribution is 2.34. The number of carbonyl (C=O) groups excluding carboxylic acids is 2. The number of nitrogens with one attached hydrogen (secondary N) is 1. The third kappa shape index (κ3) is 3.81. The van der Waals surface area contributed by atoms with E-state index in [9.17, 15) is 9.59 Å². The molecule has 0 saturated heterocycles. The normalized spacial score (nSPS) is 17.6. The van der Waals surface area contributed by atoms with E-state index in [1.54, 1.807) is 0 Å². The third-order valence-corrected chi connectivity index (χ3v) is 4.77. The summed E-state index contributed by atoms with van der Waals surface area (Å²) in [5, 5.41) is 5.71. The molecule has 2 aliphatic rings. The molecular weight excluding hydrogens is 286 g/mol. The maximum Gasteiger partial charge on any atom is 0.229 e. The summed E-state index contributed by atoms with van der Waals surface area (Å²) >= 11 is 1.53. The minimum Gasteiger partial charge on any atom is -0.356 e. The van der Waals surface area contributed by atoms with Crippen molar-refractivity contribution in [2.45, 2.75) is 51.5 Å². The van der Waals surface area contributed by atoms with Gasteiger partial charge in [0, 0.05) is 30.3 Å². The van der Waals surface area contributed by atoms with E-state index in [4.69, 9.17) is 0 Å². The van der Waals surface area contributed by atoms with Crippen LogP contribution in [0.5, 0.6) is 0 Å². The first-order valence-electron chi connectivity index (χ1n) is 7.67. The standard InChI is InChI=1S/C15H21N3O2S/c1-10-9-21-15(17-10)18(12-6-7-12)13(19)3-2-8-16-14(20)11-4-5-11/h9,11-12H,2-8H2,1H3,(H,16,20). The summed E-state index contributed by atoms with van der Waals surface area (Å²) in [6, 6.07) is 0.337. The van der Waals surface area contributed by atoms with Gasteiger partial charge in [-0.05, 0) is 39.0 Å². The van der Waals surface area contributed by atoms with E-state index in [0.717, 1.165) is 36.5 Å². The molecule has 0 spiro atoms. The number of anilines is 1. The van der Waals surface area contributed by atoms with Crippen LogP contribution in [0, 0.1) is 12.8 Å². The molecule has 21 heavy (non-hydrogen) atoms. The molecule has 2 saturated carbocycles. The molecule has 1 heterocycles. The number of thiazole rings is 1. The molecule has 3 rings (SSSR count). The lowest BCUT2D eigenvalue weighted by atomic mass is 10.2. The average Bonchev–Trinajstić information content (AvgIpc) is 3.34. The van der Waals surface area contributed by atoms with Crippen LogP contribution in [0.1, 0.15) is 44.2 Å². The summed E-state index contributed by atoms with van der Waals surface area (Å²) in [5.41, 5.74) is 0.963. The van der Waals surface area contributed by atoms with Gasteiger partial charge in [0.05, 0.1) is 5.69 Å². The van der Waals surface area contributed by atoms with E-state index in [2.05, 4.69) is 10.3 Å². The predicted octanol–water partition coefficient (Wildman–Crippen LogP) is 2.25. The van der Waals surface area contributed by atoms with Gasteiger partial charge in [-0.3, -0.25) is 14.5 Å². The summed E-state index contributed by atoms with van der Waals surface area (Å²) in [7, 11) is 0. The molecule has 0 bridgehead atoms. The van der Waals surface area contributed by atoms with Gasteiger partial charge in [-0.25, -0.2) is 4.98 Å². The maximum absolute atomic E-state index is 12.4. The van der Waals surface area contributed by atoms with Gasteiger partial charge in [0.1, 0.15) is 0 Å². The second-order valence-electron chi connectivity index (χ2n) is 5.94. The van der Waals surface area contributed by atoms with Gasteiger partial charge in [-0.1, -0.05) is 0 Å². The Bertz CT molecular complexity index is 535. The zero-order valence-corrected chi connectivity index (χ0v) is 13.1. The van der Waals surface area contributed by atoms with Crippen LogP contribution in [0.3, 0.4) is 0 Å². The summed E-state index contributed by atoms with van der Waals surface area (Å²) in [6.07, 6.45) is 5.35. The van der Waals surface area contributed by atoms with E-state index >= 15 is 0 Å². The number of hydrogen-bond acceptors (Lipinski definition) is 4. The molecule has 0 aromatic carbocycles. The van der Waals surface area contributed by atoms with Crippen LogP contribution in [0.25, 0.3) is 0 Å². The lowest BCUT2D eigenvalue weighted by molar-refractivity contribution is -0.123. The van der Waals surface area contributed by atoms with E-state index in [1.165, 1.54) is 11.3 Å². The van der Waals surface area contributed by atoms with Gasteiger partial charge in [0.15, 0.2) is 5.13 Å². The zero-order valence-electron chi connectivity index (χ0n) is 12.3. The molecule has 6 heteroatoms. The van der Waals surface area contributed by atoms with Crippen molar-refractivity contribution in [3.05, 3.63) is 11.1 Å². The van der Waals surface area contributed by atoms with Gasteiger partial charge >= 0.3 is 0 Å². The monoisotopic (exact) mass is 307 g/mol. The Kier molecular flexibility index (Phi) is 4.24. The maximum atomic E-state index is 12.4. The van der Waals surface area contributed by atoms with Crippen molar-refractivity contribution in [3.8, 4) is 0 Å². The number of carbonyl (C=O) groups is 2. The van der Waals surface area contributed by atoms with Gasteiger partial charge in [-0.2, -0.15) is 0 Å². The molecule has 0 aliphatic heterocycles. The van der Waals surface area contributed by atoms with Crippen molar-refractivity contribution in [2.24, 2.45) is 5.92 Å². The summed E-state index contributed by atoms with van der Waals surface area (Å²) in [5.74, 6) is 0.520. The highest BCUT2D eigenvalue weighted by molar-refractivity contribution is 7.14. The fourth-order valence-corrected chi connectivity index (χ4v) is 3.20. The Morgan fingerprint density at radius 2 is 2.14 bits per heavy atom. The third-order valence-electron chi connectivity index (χ3n) is 3.81. The van der Waals surface area contributed by atoms with Crippen LogP contribution < -0.4 is 10.2 Å². The molecule has 5 nitrogen and oxygen atoms in total. The van der Waals surface area contributed by atoms with E-state index in [0.29, 0.717) is 25.4 Å².